The maximum atomic E-state index is 11.5. The number of aliphatic hydroxyl groups excluding tert-OH is 3. The van der Waals surface area contributed by atoms with E-state index in [2.05, 4.69) is 6.58 Å². The lowest BCUT2D eigenvalue weighted by Gasteiger charge is -2.16. The monoisotopic (exact) mass is 273 g/mol. The molecule has 0 spiro atoms. The summed E-state index contributed by atoms with van der Waals surface area (Å²) in [4.78, 5) is 24.4. The number of hydrogen-bond acceptors (Lipinski definition) is 7. The average Bonchev–Trinajstić information content (AvgIpc) is 2.57. The van der Waals surface area contributed by atoms with E-state index < -0.39 is 41.5 Å². The zero-order valence-electron chi connectivity index (χ0n) is 9.89. The van der Waals surface area contributed by atoms with E-state index in [0.29, 0.717) is 0 Å². The van der Waals surface area contributed by atoms with Crippen molar-refractivity contribution in [2.75, 3.05) is 0 Å². The average molecular weight is 273 g/mol. The number of rotatable bonds is 2. The van der Waals surface area contributed by atoms with Crippen LogP contribution < -0.4 is 17.4 Å². The number of aliphatic hydroxyl groups is 3. The van der Waals surface area contributed by atoms with Crippen LogP contribution >= 0.6 is 0 Å². The number of aromatic amines is 1. The minimum Gasteiger partial charge on any atom is -0.510 e. The van der Waals surface area contributed by atoms with E-state index >= 15 is 0 Å². The first-order chi connectivity index (χ1) is 8.41. The molecule has 0 unspecified atom stereocenters. The fraction of sp³-hybridized carbons (Fsp3) is 0.400. The lowest BCUT2D eigenvalue weighted by Crippen LogP contribution is -2.37. The molecule has 1 saturated heterocycles. The van der Waals surface area contributed by atoms with E-state index in [1.807, 2.05) is 4.98 Å². The molecule has 0 saturated carbocycles. The van der Waals surface area contributed by atoms with Crippen molar-refractivity contribution in [2.45, 2.75) is 24.5 Å². The summed E-state index contributed by atoms with van der Waals surface area (Å²) < 4.78 is 6.06. The normalized spacial score (nSPS) is 29.8. The summed E-state index contributed by atoms with van der Waals surface area (Å²) in [5, 5.41) is 28.5. The van der Waals surface area contributed by atoms with Crippen molar-refractivity contribution in [1.82, 2.24) is 15.7 Å². The maximum absolute atomic E-state index is 11.5. The largest absolute Gasteiger partial charge is 0.510 e. The molecule has 4 atom stereocenters. The molecule has 7 N–H and O–H groups in total. The third-order valence-corrected chi connectivity index (χ3v) is 2.69. The Morgan fingerprint density at radius 2 is 2.00 bits per heavy atom. The fourth-order valence-corrected chi connectivity index (χ4v) is 1.79. The van der Waals surface area contributed by atoms with Gasteiger partial charge in [0.1, 0.15) is 24.1 Å². The number of hydrogen-bond donors (Lipinski definition) is 5. The predicted molar refractivity (Wildman–Crippen MR) is 64.0 cm³/mol. The molecule has 2 heterocycles. The van der Waals surface area contributed by atoms with Gasteiger partial charge in [-0.1, -0.05) is 6.58 Å². The molecule has 0 amide bonds. The molecule has 0 aliphatic carbocycles. The van der Waals surface area contributed by atoms with E-state index in [4.69, 9.17) is 4.74 Å². The summed E-state index contributed by atoms with van der Waals surface area (Å²) in [6.07, 6.45) is -4.11. The van der Waals surface area contributed by atoms with E-state index in [1.165, 1.54) is 0 Å². The minimum absolute atomic E-state index is 0. The van der Waals surface area contributed by atoms with Gasteiger partial charge in [-0.2, -0.15) is 0 Å². The third kappa shape index (κ3) is 2.58. The Labute approximate surface area is 107 Å². The van der Waals surface area contributed by atoms with Crippen molar-refractivity contribution >= 4 is 0 Å². The number of H-pyrrole nitrogens is 1. The van der Waals surface area contributed by atoms with Gasteiger partial charge in [-0.3, -0.25) is 14.3 Å². The third-order valence-electron chi connectivity index (χ3n) is 2.69. The molecule has 106 valence electrons. The van der Waals surface area contributed by atoms with Crippen LogP contribution in [0, 0.1) is 0 Å². The van der Waals surface area contributed by atoms with Gasteiger partial charge in [-0.05, 0) is 0 Å². The standard InChI is InChI=1S/C10H12N2O6.H3N/c1-4(13)8-6(15)7(16)9(18-8)12-3-2-5(14)11-10(12)17;/h2-3,6-9,13,15-16H,1H2,(H,11,14,17);1H3/t6-,7+,8+,9+;/m0./s1. The maximum Gasteiger partial charge on any atom is 0.330 e. The van der Waals surface area contributed by atoms with Crippen LogP contribution in [0.25, 0.3) is 0 Å². The van der Waals surface area contributed by atoms with Crippen LogP contribution in [0.4, 0.5) is 0 Å². The van der Waals surface area contributed by atoms with Crippen LogP contribution in [0.2, 0.25) is 0 Å². The molecule has 0 aromatic carbocycles. The molecule has 0 radical (unpaired) electrons. The van der Waals surface area contributed by atoms with E-state index in [9.17, 15) is 24.9 Å². The highest BCUT2D eigenvalue weighted by Gasteiger charge is 2.45. The highest BCUT2D eigenvalue weighted by atomic mass is 16.6. The highest BCUT2D eigenvalue weighted by molar-refractivity contribution is 5.03. The van der Waals surface area contributed by atoms with Gasteiger partial charge in [0.05, 0.1) is 0 Å². The van der Waals surface area contributed by atoms with Gasteiger partial charge < -0.3 is 26.2 Å². The first-order valence-corrected chi connectivity index (χ1v) is 5.12. The fourth-order valence-electron chi connectivity index (χ4n) is 1.79. The van der Waals surface area contributed by atoms with E-state index in [1.54, 1.807) is 0 Å². The van der Waals surface area contributed by atoms with Gasteiger partial charge in [0.15, 0.2) is 6.23 Å². The van der Waals surface area contributed by atoms with Crippen LogP contribution in [0.1, 0.15) is 6.23 Å². The molecule has 1 aliphatic heterocycles. The van der Waals surface area contributed by atoms with Crippen LogP contribution in [-0.4, -0.2) is 43.2 Å². The first-order valence-electron chi connectivity index (χ1n) is 5.12. The lowest BCUT2D eigenvalue weighted by molar-refractivity contribution is -0.0387. The summed E-state index contributed by atoms with van der Waals surface area (Å²) in [7, 11) is 0. The molecule has 1 aliphatic rings. The van der Waals surface area contributed by atoms with Gasteiger partial charge in [-0.25, -0.2) is 4.79 Å². The predicted octanol–water partition coefficient (Wildman–Crippen LogP) is -1.61. The summed E-state index contributed by atoms with van der Waals surface area (Å²) >= 11 is 0. The van der Waals surface area contributed by atoms with Gasteiger partial charge in [0, 0.05) is 12.3 Å². The van der Waals surface area contributed by atoms with Crippen molar-refractivity contribution in [3.63, 3.8) is 0 Å². The Kier molecular flexibility index (Phi) is 4.27. The van der Waals surface area contributed by atoms with Gasteiger partial charge in [0.2, 0.25) is 0 Å². The van der Waals surface area contributed by atoms with Gasteiger partial charge in [0.25, 0.3) is 5.56 Å². The molecule has 1 fully saturated rings. The molecule has 2 rings (SSSR count). The molecular weight excluding hydrogens is 258 g/mol. The van der Waals surface area contributed by atoms with Crippen molar-refractivity contribution < 1.29 is 20.1 Å². The lowest BCUT2D eigenvalue weighted by atomic mass is 10.1. The summed E-state index contributed by atoms with van der Waals surface area (Å²) in [6, 6.07) is 1.07. The summed E-state index contributed by atoms with van der Waals surface area (Å²) in [6.45, 7) is 3.20. The quantitative estimate of drug-likeness (QED) is 0.405. The second kappa shape index (κ2) is 5.36. The van der Waals surface area contributed by atoms with Crippen molar-refractivity contribution in [3.8, 4) is 0 Å². The zero-order chi connectivity index (χ0) is 13.4. The number of aromatic nitrogens is 2. The van der Waals surface area contributed by atoms with Crippen LogP contribution in [0.3, 0.4) is 0 Å². The highest BCUT2D eigenvalue weighted by Crippen LogP contribution is 2.30. The van der Waals surface area contributed by atoms with Crippen LogP contribution in [0.15, 0.2) is 34.2 Å². The van der Waals surface area contributed by atoms with Crippen LogP contribution in [0.5, 0.6) is 0 Å². The Bertz CT molecular complexity index is 579. The molecule has 1 aromatic rings. The topological polar surface area (TPSA) is 160 Å². The molecule has 1 aromatic heterocycles. The molecular formula is C10H15N3O6. The Morgan fingerprint density at radius 1 is 1.37 bits per heavy atom. The van der Waals surface area contributed by atoms with E-state index in [0.717, 1.165) is 16.8 Å². The molecule has 0 bridgehead atoms. The summed E-state index contributed by atoms with van der Waals surface area (Å²) in [5.74, 6) is -0.457. The second-order valence-electron chi connectivity index (χ2n) is 3.94. The van der Waals surface area contributed by atoms with Crippen molar-refractivity contribution in [3.05, 3.63) is 45.4 Å². The summed E-state index contributed by atoms with van der Waals surface area (Å²) in [5.41, 5.74) is -1.38. The smallest absolute Gasteiger partial charge is 0.330 e. The van der Waals surface area contributed by atoms with Gasteiger partial charge >= 0.3 is 5.69 Å². The van der Waals surface area contributed by atoms with Crippen molar-refractivity contribution in [2.24, 2.45) is 0 Å². The van der Waals surface area contributed by atoms with Crippen molar-refractivity contribution in [1.29, 1.82) is 0 Å². The molecule has 9 nitrogen and oxygen atoms in total. The Balaban J connectivity index is 0.00000180. The molecule has 9 heteroatoms. The minimum atomic E-state index is -1.43. The van der Waals surface area contributed by atoms with E-state index in [-0.39, 0.29) is 6.15 Å². The number of nitrogens with zero attached hydrogens (tertiary/aromatic N) is 1. The number of ether oxygens (including phenoxy) is 1. The first kappa shape index (κ1) is 15.1. The van der Waals surface area contributed by atoms with Crippen LogP contribution in [-0.2, 0) is 4.74 Å². The SMILES string of the molecule is C=C(O)[C@H]1O[C@@H](n2ccc(=O)[nH]c2=O)[C@H](O)[C@@H]1O.N. The van der Waals surface area contributed by atoms with Gasteiger partial charge in [-0.15, -0.1) is 0 Å². The Hall–Kier alpha value is -1.94. The zero-order valence-corrected chi connectivity index (χ0v) is 9.89. The molecule has 19 heavy (non-hydrogen) atoms. The Morgan fingerprint density at radius 3 is 2.47 bits per heavy atom. The number of nitrogens with one attached hydrogen (secondary N) is 1. The second-order valence-corrected chi connectivity index (χ2v) is 3.94.